The Labute approximate surface area is 158 Å². The van der Waals surface area contributed by atoms with E-state index in [1.807, 2.05) is 6.07 Å². The lowest BCUT2D eigenvalue weighted by atomic mass is 10.1. The largest absolute Gasteiger partial charge is 0.493 e. The molecule has 0 fully saturated rings. The molecule has 0 saturated heterocycles. The first-order valence-electron chi connectivity index (χ1n) is 8.36. The lowest BCUT2D eigenvalue weighted by Gasteiger charge is -2.14. The van der Waals surface area contributed by atoms with Crippen molar-refractivity contribution in [2.45, 2.75) is 12.8 Å². The summed E-state index contributed by atoms with van der Waals surface area (Å²) in [6.45, 7) is -0.330. The molecule has 7 nitrogen and oxygen atoms in total. The third kappa shape index (κ3) is 5.91. The maximum absolute atomic E-state index is 11.9. The number of carbonyl (C=O) groups is 2. The molecule has 27 heavy (non-hydrogen) atoms. The van der Waals surface area contributed by atoms with Crippen molar-refractivity contribution in [1.82, 2.24) is 0 Å². The highest BCUT2D eigenvalue weighted by Crippen LogP contribution is 2.38. The van der Waals surface area contributed by atoms with Gasteiger partial charge in [-0.05, 0) is 36.2 Å². The standard InChI is InChI=1S/C20H23NO6/c1-24-16-11-14(12-17(25-2)20(16)26-3)9-10-19(23)27-13-18(22)21-15-7-5-4-6-8-15/h4-8,11-12H,9-10,13H2,1-3H3,(H,21,22). The number of ether oxygens (including phenoxy) is 4. The van der Waals surface area contributed by atoms with Crippen LogP contribution in [0.4, 0.5) is 5.69 Å². The molecule has 0 atom stereocenters. The van der Waals surface area contributed by atoms with Crippen molar-refractivity contribution in [3.63, 3.8) is 0 Å². The fraction of sp³-hybridized carbons (Fsp3) is 0.300. The van der Waals surface area contributed by atoms with Crippen LogP contribution in [0.1, 0.15) is 12.0 Å². The molecule has 2 aromatic carbocycles. The van der Waals surface area contributed by atoms with Crippen LogP contribution in [-0.2, 0) is 20.7 Å². The minimum Gasteiger partial charge on any atom is -0.493 e. The molecule has 2 rings (SSSR count). The van der Waals surface area contributed by atoms with E-state index in [-0.39, 0.29) is 18.9 Å². The van der Waals surface area contributed by atoms with Crippen LogP contribution < -0.4 is 19.5 Å². The highest BCUT2D eigenvalue weighted by atomic mass is 16.5. The molecule has 2 aromatic rings. The van der Waals surface area contributed by atoms with Gasteiger partial charge in [0.25, 0.3) is 5.91 Å². The number of methoxy groups -OCH3 is 3. The summed E-state index contributed by atoms with van der Waals surface area (Å²) in [4.78, 5) is 23.7. The maximum Gasteiger partial charge on any atom is 0.306 e. The maximum atomic E-state index is 11.9. The molecule has 0 aliphatic carbocycles. The number of anilines is 1. The first kappa shape index (κ1) is 20.1. The molecular weight excluding hydrogens is 350 g/mol. The van der Waals surface area contributed by atoms with Crippen molar-refractivity contribution < 1.29 is 28.5 Å². The van der Waals surface area contributed by atoms with Crippen molar-refractivity contribution >= 4 is 17.6 Å². The molecule has 144 valence electrons. The van der Waals surface area contributed by atoms with Gasteiger partial charge >= 0.3 is 5.97 Å². The third-order valence-electron chi connectivity index (χ3n) is 3.76. The number of esters is 1. The van der Waals surface area contributed by atoms with Crippen molar-refractivity contribution in [2.24, 2.45) is 0 Å². The normalized spacial score (nSPS) is 10.0. The molecule has 1 amide bonds. The Bertz CT molecular complexity index is 750. The second-order valence-electron chi connectivity index (χ2n) is 5.61. The minimum absolute atomic E-state index is 0.122. The van der Waals surface area contributed by atoms with Gasteiger partial charge in [-0.2, -0.15) is 0 Å². The van der Waals surface area contributed by atoms with Gasteiger partial charge in [-0.3, -0.25) is 9.59 Å². The summed E-state index contributed by atoms with van der Waals surface area (Å²) in [5.74, 6) is 0.670. The molecule has 0 radical (unpaired) electrons. The number of hydrogen-bond donors (Lipinski definition) is 1. The number of para-hydroxylation sites is 1. The Morgan fingerprint density at radius 1 is 0.926 bits per heavy atom. The SMILES string of the molecule is COc1cc(CCC(=O)OCC(=O)Nc2ccccc2)cc(OC)c1OC. The molecule has 0 aromatic heterocycles. The predicted molar refractivity (Wildman–Crippen MR) is 100 cm³/mol. The summed E-state index contributed by atoms with van der Waals surface area (Å²) in [6.07, 6.45) is 0.535. The first-order chi connectivity index (χ1) is 13.1. The van der Waals surface area contributed by atoms with E-state index >= 15 is 0 Å². The number of benzene rings is 2. The van der Waals surface area contributed by atoms with E-state index in [0.29, 0.717) is 29.4 Å². The number of carbonyl (C=O) groups excluding carboxylic acids is 2. The van der Waals surface area contributed by atoms with Gasteiger partial charge < -0.3 is 24.3 Å². The van der Waals surface area contributed by atoms with Crippen LogP contribution >= 0.6 is 0 Å². The molecule has 0 saturated carbocycles. The summed E-state index contributed by atoms with van der Waals surface area (Å²) >= 11 is 0. The Morgan fingerprint density at radius 2 is 1.56 bits per heavy atom. The van der Waals surface area contributed by atoms with Crippen molar-refractivity contribution in [1.29, 1.82) is 0 Å². The highest BCUT2D eigenvalue weighted by molar-refractivity contribution is 5.92. The van der Waals surface area contributed by atoms with Crippen LogP contribution in [-0.4, -0.2) is 39.8 Å². The second-order valence-corrected chi connectivity index (χ2v) is 5.61. The van der Waals surface area contributed by atoms with Gasteiger partial charge in [0.1, 0.15) is 0 Å². The lowest BCUT2D eigenvalue weighted by Crippen LogP contribution is -2.21. The third-order valence-corrected chi connectivity index (χ3v) is 3.76. The average molecular weight is 373 g/mol. The number of aryl methyl sites for hydroxylation is 1. The van der Waals surface area contributed by atoms with E-state index < -0.39 is 5.97 Å². The van der Waals surface area contributed by atoms with Gasteiger partial charge in [-0.1, -0.05) is 18.2 Å². The highest BCUT2D eigenvalue weighted by Gasteiger charge is 2.14. The predicted octanol–water partition coefficient (Wildman–Crippen LogP) is 2.83. The van der Waals surface area contributed by atoms with E-state index in [1.54, 1.807) is 36.4 Å². The van der Waals surface area contributed by atoms with Gasteiger partial charge in [-0.25, -0.2) is 0 Å². The van der Waals surface area contributed by atoms with Gasteiger partial charge in [0.2, 0.25) is 5.75 Å². The van der Waals surface area contributed by atoms with E-state index in [4.69, 9.17) is 18.9 Å². The lowest BCUT2D eigenvalue weighted by molar-refractivity contribution is -0.147. The Balaban J connectivity index is 1.85. The van der Waals surface area contributed by atoms with Gasteiger partial charge in [0.15, 0.2) is 18.1 Å². The zero-order chi connectivity index (χ0) is 19.6. The summed E-state index contributed by atoms with van der Waals surface area (Å²) in [5.41, 5.74) is 1.48. The number of hydrogen-bond acceptors (Lipinski definition) is 6. The Hall–Kier alpha value is -3.22. The molecule has 1 N–H and O–H groups in total. The zero-order valence-electron chi connectivity index (χ0n) is 15.6. The molecule has 0 aliphatic rings. The summed E-state index contributed by atoms with van der Waals surface area (Å²) in [5, 5.41) is 2.65. The second kappa shape index (κ2) is 10.1. The van der Waals surface area contributed by atoms with E-state index in [9.17, 15) is 9.59 Å². The van der Waals surface area contributed by atoms with E-state index in [2.05, 4.69) is 5.32 Å². The topological polar surface area (TPSA) is 83.1 Å². The number of rotatable bonds is 9. The molecule has 0 unspecified atom stereocenters. The fourth-order valence-electron chi connectivity index (χ4n) is 2.46. The van der Waals surface area contributed by atoms with Crippen LogP contribution in [0.2, 0.25) is 0 Å². The molecule has 0 aliphatic heterocycles. The van der Waals surface area contributed by atoms with E-state index in [1.165, 1.54) is 21.3 Å². The molecule has 0 spiro atoms. The van der Waals surface area contributed by atoms with Crippen LogP contribution in [0.25, 0.3) is 0 Å². The minimum atomic E-state index is -0.466. The van der Waals surface area contributed by atoms with Crippen LogP contribution in [0, 0.1) is 0 Å². The van der Waals surface area contributed by atoms with Crippen molar-refractivity contribution in [3.05, 3.63) is 48.0 Å². The van der Waals surface area contributed by atoms with Gasteiger partial charge in [0, 0.05) is 12.1 Å². The van der Waals surface area contributed by atoms with Crippen LogP contribution in [0.5, 0.6) is 17.2 Å². The Kier molecular flexibility index (Phi) is 7.49. The van der Waals surface area contributed by atoms with Crippen LogP contribution in [0.15, 0.2) is 42.5 Å². The molecular formula is C20H23NO6. The number of nitrogens with one attached hydrogen (secondary N) is 1. The molecule has 0 bridgehead atoms. The monoisotopic (exact) mass is 373 g/mol. The smallest absolute Gasteiger partial charge is 0.306 e. The molecule has 7 heteroatoms. The Morgan fingerprint density at radius 3 is 2.11 bits per heavy atom. The van der Waals surface area contributed by atoms with Crippen LogP contribution in [0.3, 0.4) is 0 Å². The van der Waals surface area contributed by atoms with Crippen molar-refractivity contribution in [2.75, 3.05) is 33.3 Å². The first-order valence-corrected chi connectivity index (χ1v) is 8.36. The average Bonchev–Trinajstić information content (AvgIpc) is 2.70. The number of amides is 1. The van der Waals surface area contributed by atoms with Gasteiger partial charge in [-0.15, -0.1) is 0 Å². The summed E-state index contributed by atoms with van der Waals surface area (Å²) < 4.78 is 20.9. The molecule has 0 heterocycles. The van der Waals surface area contributed by atoms with E-state index in [0.717, 1.165) is 5.56 Å². The van der Waals surface area contributed by atoms with Crippen molar-refractivity contribution in [3.8, 4) is 17.2 Å². The van der Waals surface area contributed by atoms with Gasteiger partial charge in [0.05, 0.1) is 21.3 Å². The summed E-state index contributed by atoms with van der Waals surface area (Å²) in [7, 11) is 4.58. The quantitative estimate of drug-likeness (QED) is 0.681. The summed E-state index contributed by atoms with van der Waals surface area (Å²) in [6, 6.07) is 12.5. The zero-order valence-corrected chi connectivity index (χ0v) is 15.6. The fourth-order valence-corrected chi connectivity index (χ4v) is 2.46.